The second-order valence-corrected chi connectivity index (χ2v) is 5.40. The number of carbonyl (C=O) groups excluding carboxylic acids is 1. The van der Waals surface area contributed by atoms with Crippen LogP contribution in [0.5, 0.6) is 5.75 Å². The number of ether oxygens (including phenoxy) is 1. The highest BCUT2D eigenvalue weighted by Gasteiger charge is 2.26. The van der Waals surface area contributed by atoms with Crippen LogP contribution in [0.25, 0.3) is 0 Å². The van der Waals surface area contributed by atoms with Crippen molar-refractivity contribution in [1.82, 2.24) is 10.2 Å². The maximum absolute atomic E-state index is 12.2. The minimum absolute atomic E-state index is 0.0431. The van der Waals surface area contributed by atoms with Crippen LogP contribution in [0.15, 0.2) is 24.3 Å². The predicted molar refractivity (Wildman–Crippen MR) is 79.8 cm³/mol. The summed E-state index contributed by atoms with van der Waals surface area (Å²) in [5.74, 6) is 1.55. The number of nitrogens with zero attached hydrogens (tertiary/aromatic N) is 1. The number of hydrogen-bond acceptors (Lipinski definition) is 2. The zero-order valence-electron chi connectivity index (χ0n) is 12.4. The number of carbonyl (C=O) groups is 1. The first-order valence-electron chi connectivity index (χ1n) is 7.38. The first-order valence-corrected chi connectivity index (χ1v) is 7.38. The Labute approximate surface area is 121 Å². The quantitative estimate of drug-likeness (QED) is 0.831. The lowest BCUT2D eigenvalue weighted by molar-refractivity contribution is 0.195. The third-order valence-electron chi connectivity index (χ3n) is 3.53. The molecule has 1 fully saturated rings. The molecule has 2 rings (SSSR count). The van der Waals surface area contributed by atoms with E-state index in [0.29, 0.717) is 6.54 Å². The Morgan fingerprint density at radius 1 is 1.45 bits per heavy atom. The Morgan fingerprint density at radius 3 is 2.90 bits per heavy atom. The van der Waals surface area contributed by atoms with Crippen LogP contribution < -0.4 is 10.1 Å². The molecule has 1 N–H and O–H groups in total. The molecule has 0 atom stereocenters. The van der Waals surface area contributed by atoms with E-state index in [4.69, 9.17) is 4.74 Å². The zero-order chi connectivity index (χ0) is 14.4. The van der Waals surface area contributed by atoms with Gasteiger partial charge in [-0.15, -0.1) is 0 Å². The summed E-state index contributed by atoms with van der Waals surface area (Å²) in [5, 5.41) is 3.00. The first kappa shape index (κ1) is 14.7. The van der Waals surface area contributed by atoms with Crippen LogP contribution in [0, 0.1) is 5.92 Å². The summed E-state index contributed by atoms with van der Waals surface area (Å²) in [6.07, 6.45) is 3.53. The van der Waals surface area contributed by atoms with E-state index in [1.54, 1.807) is 7.11 Å². The number of amides is 2. The van der Waals surface area contributed by atoms with Gasteiger partial charge in [-0.3, -0.25) is 0 Å². The minimum atomic E-state index is 0.0431. The van der Waals surface area contributed by atoms with Crippen molar-refractivity contribution in [2.24, 2.45) is 5.92 Å². The smallest absolute Gasteiger partial charge is 0.317 e. The summed E-state index contributed by atoms with van der Waals surface area (Å²) >= 11 is 0. The minimum Gasteiger partial charge on any atom is -0.497 e. The van der Waals surface area contributed by atoms with Gasteiger partial charge in [-0.25, -0.2) is 4.79 Å². The Morgan fingerprint density at radius 2 is 2.25 bits per heavy atom. The van der Waals surface area contributed by atoms with Crippen molar-refractivity contribution >= 4 is 6.03 Å². The molecule has 1 saturated carbocycles. The molecule has 0 aliphatic heterocycles. The van der Waals surface area contributed by atoms with E-state index in [2.05, 4.69) is 12.2 Å². The summed E-state index contributed by atoms with van der Waals surface area (Å²) in [5.41, 5.74) is 1.06. The molecule has 110 valence electrons. The van der Waals surface area contributed by atoms with E-state index in [1.165, 1.54) is 12.8 Å². The standard InChI is InChI=1S/C16H24N2O2/c1-3-9-18(12-13-7-8-13)16(19)17-11-14-5-4-6-15(10-14)20-2/h4-6,10,13H,3,7-9,11-12H2,1-2H3,(H,17,19). The average Bonchev–Trinajstić information content (AvgIpc) is 3.28. The summed E-state index contributed by atoms with van der Waals surface area (Å²) in [6.45, 7) is 4.38. The van der Waals surface area contributed by atoms with Crippen molar-refractivity contribution in [3.05, 3.63) is 29.8 Å². The van der Waals surface area contributed by atoms with Gasteiger partial charge in [0.1, 0.15) is 5.75 Å². The van der Waals surface area contributed by atoms with Gasteiger partial charge < -0.3 is 15.0 Å². The lowest BCUT2D eigenvalue weighted by Crippen LogP contribution is -2.41. The van der Waals surface area contributed by atoms with Crippen LogP contribution in [-0.2, 0) is 6.54 Å². The average molecular weight is 276 g/mol. The molecule has 1 aromatic carbocycles. The van der Waals surface area contributed by atoms with E-state index in [-0.39, 0.29) is 6.03 Å². The van der Waals surface area contributed by atoms with Gasteiger partial charge in [0.15, 0.2) is 0 Å². The summed E-state index contributed by atoms with van der Waals surface area (Å²) in [4.78, 5) is 14.2. The summed E-state index contributed by atoms with van der Waals surface area (Å²) in [6, 6.07) is 7.83. The second kappa shape index (κ2) is 7.17. The van der Waals surface area contributed by atoms with Gasteiger partial charge in [-0.1, -0.05) is 19.1 Å². The van der Waals surface area contributed by atoms with E-state index in [0.717, 1.165) is 36.7 Å². The Balaban J connectivity index is 1.85. The molecule has 0 saturated heterocycles. The molecular weight excluding hydrogens is 252 g/mol. The fourth-order valence-corrected chi connectivity index (χ4v) is 2.23. The molecule has 1 aliphatic carbocycles. The van der Waals surface area contributed by atoms with Gasteiger partial charge >= 0.3 is 6.03 Å². The van der Waals surface area contributed by atoms with Gasteiger partial charge in [-0.05, 0) is 42.9 Å². The third kappa shape index (κ3) is 4.44. The molecule has 0 spiro atoms. The Kier molecular flexibility index (Phi) is 5.27. The van der Waals surface area contributed by atoms with Crippen molar-refractivity contribution in [2.45, 2.75) is 32.7 Å². The van der Waals surface area contributed by atoms with Gasteiger partial charge in [-0.2, -0.15) is 0 Å². The van der Waals surface area contributed by atoms with Crippen LogP contribution in [0.1, 0.15) is 31.7 Å². The summed E-state index contributed by atoms with van der Waals surface area (Å²) in [7, 11) is 1.65. The van der Waals surface area contributed by atoms with Gasteiger partial charge in [0, 0.05) is 19.6 Å². The topological polar surface area (TPSA) is 41.6 Å². The van der Waals surface area contributed by atoms with Crippen molar-refractivity contribution in [2.75, 3.05) is 20.2 Å². The fraction of sp³-hybridized carbons (Fsp3) is 0.562. The predicted octanol–water partition coefficient (Wildman–Crippen LogP) is 3.03. The molecule has 0 unspecified atom stereocenters. The lowest BCUT2D eigenvalue weighted by Gasteiger charge is -2.22. The van der Waals surface area contributed by atoms with Gasteiger partial charge in [0.25, 0.3) is 0 Å². The largest absolute Gasteiger partial charge is 0.497 e. The van der Waals surface area contributed by atoms with Crippen molar-refractivity contribution < 1.29 is 9.53 Å². The molecule has 4 nitrogen and oxygen atoms in total. The maximum atomic E-state index is 12.2. The normalized spacial score (nSPS) is 13.9. The highest BCUT2D eigenvalue weighted by Crippen LogP contribution is 2.29. The number of methoxy groups -OCH3 is 1. The Hall–Kier alpha value is -1.71. The number of nitrogens with one attached hydrogen (secondary N) is 1. The van der Waals surface area contributed by atoms with Gasteiger partial charge in [0.05, 0.1) is 7.11 Å². The number of benzene rings is 1. The molecule has 0 aromatic heterocycles. The van der Waals surface area contributed by atoms with E-state index < -0.39 is 0 Å². The van der Waals surface area contributed by atoms with E-state index >= 15 is 0 Å². The highest BCUT2D eigenvalue weighted by atomic mass is 16.5. The molecule has 4 heteroatoms. The van der Waals surface area contributed by atoms with Crippen molar-refractivity contribution in [1.29, 1.82) is 0 Å². The van der Waals surface area contributed by atoms with Crippen LogP contribution in [0.3, 0.4) is 0 Å². The maximum Gasteiger partial charge on any atom is 0.317 e. The van der Waals surface area contributed by atoms with Crippen molar-refractivity contribution in [3.63, 3.8) is 0 Å². The zero-order valence-corrected chi connectivity index (χ0v) is 12.4. The van der Waals surface area contributed by atoms with E-state index in [1.807, 2.05) is 29.2 Å². The molecule has 20 heavy (non-hydrogen) atoms. The van der Waals surface area contributed by atoms with Crippen LogP contribution in [-0.4, -0.2) is 31.1 Å². The number of urea groups is 1. The molecular formula is C16H24N2O2. The lowest BCUT2D eigenvalue weighted by atomic mass is 10.2. The summed E-state index contributed by atoms with van der Waals surface area (Å²) < 4.78 is 5.19. The second-order valence-electron chi connectivity index (χ2n) is 5.40. The van der Waals surface area contributed by atoms with Crippen LogP contribution >= 0.6 is 0 Å². The molecule has 0 bridgehead atoms. The molecule has 1 aliphatic rings. The van der Waals surface area contributed by atoms with E-state index in [9.17, 15) is 4.79 Å². The highest BCUT2D eigenvalue weighted by molar-refractivity contribution is 5.74. The molecule has 0 radical (unpaired) electrons. The van der Waals surface area contributed by atoms with Gasteiger partial charge in [0.2, 0.25) is 0 Å². The van der Waals surface area contributed by atoms with Crippen LogP contribution in [0.2, 0.25) is 0 Å². The number of hydrogen-bond donors (Lipinski definition) is 1. The monoisotopic (exact) mass is 276 g/mol. The Bertz CT molecular complexity index is 444. The molecule has 2 amide bonds. The van der Waals surface area contributed by atoms with Crippen LogP contribution in [0.4, 0.5) is 4.79 Å². The van der Waals surface area contributed by atoms with Crippen molar-refractivity contribution in [3.8, 4) is 5.75 Å². The SMILES string of the molecule is CCCN(CC1CC1)C(=O)NCc1cccc(OC)c1. The molecule has 0 heterocycles. The third-order valence-corrected chi connectivity index (χ3v) is 3.53. The first-order chi connectivity index (χ1) is 9.72. The fourth-order valence-electron chi connectivity index (χ4n) is 2.23. The number of rotatable bonds is 7. The molecule has 1 aromatic rings.